The number of rotatable bonds is 3. The molecule has 134 valence electrons. The van der Waals surface area contributed by atoms with Gasteiger partial charge in [-0.2, -0.15) is 0 Å². The number of para-hydroxylation sites is 1. The third kappa shape index (κ3) is 2.75. The molecule has 2 aliphatic rings. The summed E-state index contributed by atoms with van der Waals surface area (Å²) in [4.78, 5) is 21.5. The molecular formula is C19H20N4OS2. The first-order valence-corrected chi connectivity index (χ1v) is 10.7. The quantitative estimate of drug-likeness (QED) is 0.726. The second-order valence-electron chi connectivity index (χ2n) is 6.83. The first-order chi connectivity index (χ1) is 12.8. The molecule has 1 amide bonds. The Morgan fingerprint density at radius 1 is 1.23 bits per heavy atom. The van der Waals surface area contributed by atoms with Crippen LogP contribution >= 0.6 is 22.7 Å². The second kappa shape index (κ2) is 6.74. The van der Waals surface area contributed by atoms with Crippen LogP contribution in [0.15, 0.2) is 41.8 Å². The van der Waals surface area contributed by atoms with Crippen LogP contribution in [0.2, 0.25) is 0 Å². The zero-order valence-corrected chi connectivity index (χ0v) is 15.9. The van der Waals surface area contributed by atoms with Gasteiger partial charge in [0.15, 0.2) is 0 Å². The summed E-state index contributed by atoms with van der Waals surface area (Å²) in [6.45, 7) is 1.50. The monoisotopic (exact) mass is 384 g/mol. The Morgan fingerprint density at radius 2 is 2.15 bits per heavy atom. The molecule has 2 N–H and O–H groups in total. The highest BCUT2D eigenvalue weighted by Gasteiger charge is 2.41. The molecule has 3 aromatic rings. The van der Waals surface area contributed by atoms with Crippen LogP contribution < -0.4 is 10.9 Å². The highest BCUT2D eigenvalue weighted by molar-refractivity contribution is 7.18. The van der Waals surface area contributed by atoms with E-state index in [0.29, 0.717) is 6.54 Å². The fourth-order valence-electron chi connectivity index (χ4n) is 4.00. The SMILES string of the molecule is O=C(C1CNNC1c1cccs1)N1CCCC1c1nc2ccccc2s1. The number of hydrogen-bond donors (Lipinski definition) is 2. The van der Waals surface area contributed by atoms with Crippen molar-refractivity contribution in [1.82, 2.24) is 20.7 Å². The van der Waals surface area contributed by atoms with Crippen LogP contribution in [0.25, 0.3) is 10.2 Å². The van der Waals surface area contributed by atoms with E-state index in [1.54, 1.807) is 22.7 Å². The van der Waals surface area contributed by atoms with Gasteiger partial charge in [-0.1, -0.05) is 18.2 Å². The summed E-state index contributed by atoms with van der Waals surface area (Å²) in [6, 6.07) is 12.5. The number of thiazole rings is 1. The van der Waals surface area contributed by atoms with Gasteiger partial charge in [-0.15, -0.1) is 22.7 Å². The minimum absolute atomic E-state index is 0.0547. The van der Waals surface area contributed by atoms with Crippen molar-refractivity contribution >= 4 is 38.8 Å². The summed E-state index contributed by atoms with van der Waals surface area (Å²) in [5.74, 6) is 0.172. The van der Waals surface area contributed by atoms with E-state index in [1.165, 1.54) is 9.58 Å². The Hall–Kier alpha value is -1.80. The van der Waals surface area contributed by atoms with E-state index in [2.05, 4.69) is 33.3 Å². The van der Waals surface area contributed by atoms with Gasteiger partial charge in [-0.05, 0) is 36.4 Å². The predicted molar refractivity (Wildman–Crippen MR) is 105 cm³/mol. The number of carbonyl (C=O) groups is 1. The zero-order chi connectivity index (χ0) is 17.5. The third-order valence-electron chi connectivity index (χ3n) is 5.28. The van der Waals surface area contributed by atoms with Crippen LogP contribution in [0, 0.1) is 5.92 Å². The Labute approximate surface area is 160 Å². The number of benzene rings is 1. The largest absolute Gasteiger partial charge is 0.333 e. The zero-order valence-electron chi connectivity index (χ0n) is 14.2. The van der Waals surface area contributed by atoms with Crippen molar-refractivity contribution in [2.24, 2.45) is 5.92 Å². The van der Waals surface area contributed by atoms with Crippen LogP contribution in [0.5, 0.6) is 0 Å². The average Bonchev–Trinajstić information content (AvgIpc) is 3.47. The van der Waals surface area contributed by atoms with Crippen molar-refractivity contribution in [3.05, 3.63) is 51.7 Å². The van der Waals surface area contributed by atoms with Gasteiger partial charge in [0.25, 0.3) is 0 Å². The number of thiophene rings is 1. The van der Waals surface area contributed by atoms with Crippen molar-refractivity contribution in [2.75, 3.05) is 13.1 Å². The summed E-state index contributed by atoms with van der Waals surface area (Å²) in [5, 5.41) is 3.14. The van der Waals surface area contributed by atoms with E-state index in [-0.39, 0.29) is 23.9 Å². The highest BCUT2D eigenvalue weighted by Crippen LogP contribution is 2.39. The molecule has 0 aliphatic carbocycles. The molecule has 3 unspecified atom stereocenters. The molecule has 5 nitrogen and oxygen atoms in total. The van der Waals surface area contributed by atoms with Gasteiger partial charge in [-0.25, -0.2) is 10.4 Å². The molecular weight excluding hydrogens is 364 g/mol. The topological polar surface area (TPSA) is 57.3 Å². The van der Waals surface area contributed by atoms with Crippen molar-refractivity contribution in [3.63, 3.8) is 0 Å². The minimum atomic E-state index is -0.0661. The smallest absolute Gasteiger partial charge is 0.229 e. The van der Waals surface area contributed by atoms with Crippen LogP contribution in [-0.4, -0.2) is 28.9 Å². The lowest BCUT2D eigenvalue weighted by molar-refractivity contribution is -0.136. The second-order valence-corrected chi connectivity index (χ2v) is 8.88. The number of hydrogen-bond acceptors (Lipinski definition) is 6. The molecule has 0 spiro atoms. The lowest BCUT2D eigenvalue weighted by Crippen LogP contribution is -2.38. The van der Waals surface area contributed by atoms with E-state index in [0.717, 1.165) is 29.9 Å². The molecule has 2 fully saturated rings. The van der Waals surface area contributed by atoms with Crippen molar-refractivity contribution in [2.45, 2.75) is 24.9 Å². The number of aromatic nitrogens is 1. The van der Waals surface area contributed by atoms with Gasteiger partial charge >= 0.3 is 0 Å². The van der Waals surface area contributed by atoms with Crippen molar-refractivity contribution < 1.29 is 4.79 Å². The third-order valence-corrected chi connectivity index (χ3v) is 7.37. The van der Waals surface area contributed by atoms with Gasteiger partial charge in [0.1, 0.15) is 5.01 Å². The molecule has 4 heterocycles. The van der Waals surface area contributed by atoms with Crippen LogP contribution in [0.4, 0.5) is 0 Å². The van der Waals surface area contributed by atoms with E-state index in [4.69, 9.17) is 4.98 Å². The maximum Gasteiger partial charge on any atom is 0.229 e. The van der Waals surface area contributed by atoms with E-state index < -0.39 is 0 Å². The first-order valence-electron chi connectivity index (χ1n) is 8.99. The summed E-state index contributed by atoms with van der Waals surface area (Å²) < 4.78 is 1.20. The number of likely N-dealkylation sites (tertiary alicyclic amines) is 1. The Balaban J connectivity index is 1.42. The number of carbonyl (C=O) groups excluding carboxylic acids is 1. The van der Waals surface area contributed by atoms with Crippen molar-refractivity contribution in [1.29, 1.82) is 0 Å². The highest BCUT2D eigenvalue weighted by atomic mass is 32.1. The first kappa shape index (κ1) is 16.4. The van der Waals surface area contributed by atoms with Gasteiger partial charge in [-0.3, -0.25) is 10.2 Å². The maximum absolute atomic E-state index is 13.4. The van der Waals surface area contributed by atoms with Crippen LogP contribution in [0.3, 0.4) is 0 Å². The molecule has 7 heteroatoms. The molecule has 5 rings (SSSR count). The number of hydrazine groups is 1. The van der Waals surface area contributed by atoms with Gasteiger partial charge in [0.2, 0.25) is 5.91 Å². The molecule has 3 atom stereocenters. The predicted octanol–water partition coefficient (Wildman–Crippen LogP) is 3.49. The fourth-order valence-corrected chi connectivity index (χ4v) is 5.95. The van der Waals surface area contributed by atoms with Crippen LogP contribution in [-0.2, 0) is 4.79 Å². The lowest BCUT2D eigenvalue weighted by atomic mass is 9.98. The molecule has 0 radical (unpaired) electrons. The van der Waals surface area contributed by atoms with Gasteiger partial charge in [0, 0.05) is 18.0 Å². The molecule has 0 saturated carbocycles. The van der Waals surface area contributed by atoms with Crippen molar-refractivity contribution in [3.8, 4) is 0 Å². The summed E-state index contributed by atoms with van der Waals surface area (Å²) in [5.41, 5.74) is 7.51. The lowest BCUT2D eigenvalue weighted by Gasteiger charge is -2.27. The maximum atomic E-state index is 13.4. The molecule has 26 heavy (non-hydrogen) atoms. The molecule has 2 aliphatic heterocycles. The number of nitrogens with zero attached hydrogens (tertiary/aromatic N) is 2. The number of nitrogens with one attached hydrogen (secondary N) is 2. The molecule has 0 bridgehead atoms. The van der Waals surface area contributed by atoms with E-state index >= 15 is 0 Å². The summed E-state index contributed by atoms with van der Waals surface area (Å²) in [7, 11) is 0. The molecule has 1 aromatic carbocycles. The molecule has 2 saturated heterocycles. The summed E-state index contributed by atoms with van der Waals surface area (Å²) in [6.07, 6.45) is 2.05. The fraction of sp³-hybridized carbons (Fsp3) is 0.368. The summed E-state index contributed by atoms with van der Waals surface area (Å²) >= 11 is 3.42. The molecule has 2 aromatic heterocycles. The van der Waals surface area contributed by atoms with Crippen LogP contribution in [0.1, 0.15) is 34.8 Å². The van der Waals surface area contributed by atoms with E-state index in [9.17, 15) is 4.79 Å². The Morgan fingerprint density at radius 3 is 3.00 bits per heavy atom. The number of amides is 1. The normalized spacial score (nSPS) is 26.0. The van der Waals surface area contributed by atoms with E-state index in [1.807, 2.05) is 24.3 Å². The minimum Gasteiger partial charge on any atom is -0.333 e. The Kier molecular flexibility index (Phi) is 4.24. The standard InChI is InChI=1S/C19H20N4OS2/c24-19(12-11-20-22-17(12)16-8-4-10-25-16)23-9-3-6-14(23)18-21-13-5-1-2-7-15(13)26-18/h1-2,4-5,7-8,10,12,14,17,20,22H,3,6,9,11H2. The van der Waals surface area contributed by atoms with Gasteiger partial charge in [0.05, 0.1) is 28.2 Å². The Bertz CT molecular complexity index is 890. The van der Waals surface area contributed by atoms with Gasteiger partial charge < -0.3 is 4.90 Å². The number of fused-ring (bicyclic) bond motifs is 1. The average molecular weight is 385 g/mol.